The molecule has 25 heavy (non-hydrogen) atoms. The number of carbonyl (C=O) groups excluding carboxylic acids is 3. The molecule has 2 rings (SSSR count). The van der Waals surface area contributed by atoms with E-state index < -0.39 is 30.2 Å². The monoisotopic (exact) mass is 346 g/mol. The van der Waals surface area contributed by atoms with Gasteiger partial charge in [-0.05, 0) is 37.1 Å². The van der Waals surface area contributed by atoms with Gasteiger partial charge in [-0.2, -0.15) is 0 Å². The predicted molar refractivity (Wildman–Crippen MR) is 87.8 cm³/mol. The number of nitrogens with zero attached hydrogens (tertiary/aromatic N) is 1. The van der Waals surface area contributed by atoms with Crippen LogP contribution in [0, 0.1) is 24.1 Å². The van der Waals surface area contributed by atoms with Gasteiger partial charge in [-0.25, -0.2) is 4.39 Å². The van der Waals surface area contributed by atoms with Crippen LogP contribution < -0.4 is 5.32 Å². The minimum absolute atomic E-state index is 0.0692. The number of rotatable bonds is 5. The van der Waals surface area contributed by atoms with E-state index in [-0.39, 0.29) is 19.0 Å². The summed E-state index contributed by atoms with van der Waals surface area (Å²) in [7, 11) is 0. The third-order valence-corrected chi connectivity index (χ3v) is 3.87. The lowest BCUT2D eigenvalue weighted by Crippen LogP contribution is -2.43. The van der Waals surface area contributed by atoms with E-state index >= 15 is 0 Å². The highest BCUT2D eigenvalue weighted by atomic mass is 19.1. The molecule has 0 spiro atoms. The molecule has 1 aromatic carbocycles. The summed E-state index contributed by atoms with van der Waals surface area (Å²) in [6, 6.07) is 5.26. The summed E-state index contributed by atoms with van der Waals surface area (Å²) in [6.45, 7) is 0.395. The first-order chi connectivity index (χ1) is 12.0. The first-order valence-corrected chi connectivity index (χ1v) is 7.93. The second-order valence-corrected chi connectivity index (χ2v) is 5.69. The van der Waals surface area contributed by atoms with Crippen molar-refractivity contribution in [2.24, 2.45) is 5.92 Å². The van der Waals surface area contributed by atoms with E-state index in [1.165, 1.54) is 24.3 Å². The maximum Gasteiger partial charge on any atom is 0.311 e. The molecule has 1 aliphatic heterocycles. The Morgan fingerprint density at radius 1 is 1.32 bits per heavy atom. The number of nitrogens with one attached hydrogen (secondary N) is 1. The van der Waals surface area contributed by atoms with Gasteiger partial charge in [0.25, 0.3) is 11.8 Å². The Hall–Kier alpha value is -2.88. The molecule has 0 bridgehead atoms. The SMILES string of the molecule is C#CCNC(=O)COC(=O)C1CCCN(C(=O)c2ccc(F)cc2)C1. The molecule has 7 heteroatoms. The summed E-state index contributed by atoms with van der Waals surface area (Å²) in [6.07, 6.45) is 6.25. The maximum atomic E-state index is 13.0. The van der Waals surface area contributed by atoms with Crippen molar-refractivity contribution in [2.75, 3.05) is 26.2 Å². The van der Waals surface area contributed by atoms with Crippen LogP contribution in [0.4, 0.5) is 4.39 Å². The van der Waals surface area contributed by atoms with Crippen LogP contribution in [0.3, 0.4) is 0 Å². The summed E-state index contributed by atoms with van der Waals surface area (Å²) in [5, 5.41) is 2.40. The average molecular weight is 346 g/mol. The number of halogens is 1. The Kier molecular flexibility index (Phi) is 6.52. The van der Waals surface area contributed by atoms with Crippen LogP contribution in [0.25, 0.3) is 0 Å². The minimum Gasteiger partial charge on any atom is -0.455 e. The molecular formula is C18H19FN2O4. The van der Waals surface area contributed by atoms with Gasteiger partial charge in [0.15, 0.2) is 6.61 Å². The van der Waals surface area contributed by atoms with Gasteiger partial charge in [-0.15, -0.1) is 6.42 Å². The Labute approximate surface area is 145 Å². The number of hydrogen-bond acceptors (Lipinski definition) is 4. The standard InChI is InChI=1S/C18H19FN2O4/c1-2-9-20-16(22)12-25-18(24)14-4-3-10-21(11-14)17(23)13-5-7-15(19)8-6-13/h1,5-8,14H,3-4,9-12H2,(H,20,22). The van der Waals surface area contributed by atoms with E-state index in [9.17, 15) is 18.8 Å². The van der Waals surface area contributed by atoms with Crippen molar-refractivity contribution in [3.05, 3.63) is 35.6 Å². The molecule has 0 saturated carbocycles. The number of esters is 1. The number of amides is 2. The molecule has 1 heterocycles. The van der Waals surface area contributed by atoms with Crippen molar-refractivity contribution < 1.29 is 23.5 Å². The van der Waals surface area contributed by atoms with Gasteiger partial charge in [0.05, 0.1) is 12.5 Å². The highest BCUT2D eigenvalue weighted by molar-refractivity contribution is 5.94. The fraction of sp³-hybridized carbons (Fsp3) is 0.389. The molecule has 6 nitrogen and oxygen atoms in total. The van der Waals surface area contributed by atoms with Crippen molar-refractivity contribution in [3.63, 3.8) is 0 Å². The van der Waals surface area contributed by atoms with Gasteiger partial charge in [-0.1, -0.05) is 5.92 Å². The minimum atomic E-state index is -0.521. The molecule has 1 fully saturated rings. The van der Waals surface area contributed by atoms with Crippen molar-refractivity contribution in [1.82, 2.24) is 10.2 Å². The Bertz CT molecular complexity index is 681. The average Bonchev–Trinajstić information content (AvgIpc) is 2.64. The first kappa shape index (κ1) is 18.5. The molecule has 1 N–H and O–H groups in total. The third kappa shape index (κ3) is 5.31. The number of piperidine rings is 1. The van der Waals surface area contributed by atoms with Crippen molar-refractivity contribution in [3.8, 4) is 12.3 Å². The highest BCUT2D eigenvalue weighted by Gasteiger charge is 2.30. The number of hydrogen-bond donors (Lipinski definition) is 1. The lowest BCUT2D eigenvalue weighted by molar-refractivity contribution is -0.153. The van der Waals surface area contributed by atoms with Gasteiger partial charge in [0, 0.05) is 18.7 Å². The smallest absolute Gasteiger partial charge is 0.311 e. The molecule has 2 amide bonds. The fourth-order valence-corrected chi connectivity index (χ4v) is 2.58. The molecule has 0 aliphatic carbocycles. The molecule has 0 radical (unpaired) electrons. The summed E-state index contributed by atoms with van der Waals surface area (Å²) in [5.41, 5.74) is 0.365. The summed E-state index contributed by atoms with van der Waals surface area (Å²) < 4.78 is 17.9. The van der Waals surface area contributed by atoms with E-state index in [0.717, 1.165) is 0 Å². The van der Waals surface area contributed by atoms with Gasteiger partial charge >= 0.3 is 5.97 Å². The molecule has 1 unspecified atom stereocenters. The largest absolute Gasteiger partial charge is 0.455 e. The quantitative estimate of drug-likeness (QED) is 0.637. The zero-order chi connectivity index (χ0) is 18.2. The number of terminal acetylenes is 1. The number of likely N-dealkylation sites (tertiary alicyclic amines) is 1. The highest BCUT2D eigenvalue weighted by Crippen LogP contribution is 2.20. The van der Waals surface area contributed by atoms with Crippen molar-refractivity contribution >= 4 is 17.8 Å². The van der Waals surface area contributed by atoms with Crippen LogP contribution in [0.15, 0.2) is 24.3 Å². The Morgan fingerprint density at radius 3 is 2.72 bits per heavy atom. The van der Waals surface area contributed by atoms with Crippen LogP contribution in [-0.2, 0) is 14.3 Å². The van der Waals surface area contributed by atoms with Crippen molar-refractivity contribution in [1.29, 1.82) is 0 Å². The first-order valence-electron chi connectivity index (χ1n) is 7.93. The lowest BCUT2D eigenvalue weighted by atomic mass is 9.97. The summed E-state index contributed by atoms with van der Waals surface area (Å²) in [4.78, 5) is 37.5. The maximum absolute atomic E-state index is 13.0. The van der Waals surface area contributed by atoms with Gasteiger partial charge in [0.1, 0.15) is 5.82 Å². The second-order valence-electron chi connectivity index (χ2n) is 5.69. The third-order valence-electron chi connectivity index (χ3n) is 3.87. The van der Waals surface area contributed by atoms with E-state index in [1.807, 2.05) is 0 Å². The van der Waals surface area contributed by atoms with Gasteiger partial charge in [-0.3, -0.25) is 14.4 Å². The van der Waals surface area contributed by atoms with Crippen LogP contribution in [0.2, 0.25) is 0 Å². The molecule has 1 aromatic rings. The van der Waals surface area contributed by atoms with Gasteiger partial charge < -0.3 is 15.0 Å². The Morgan fingerprint density at radius 2 is 2.04 bits per heavy atom. The van der Waals surface area contributed by atoms with Crippen LogP contribution in [0.1, 0.15) is 23.2 Å². The van der Waals surface area contributed by atoms with Crippen LogP contribution in [0.5, 0.6) is 0 Å². The molecule has 1 aliphatic rings. The van der Waals surface area contributed by atoms with E-state index in [0.29, 0.717) is 24.9 Å². The normalized spacial score (nSPS) is 16.6. The van der Waals surface area contributed by atoms with E-state index in [2.05, 4.69) is 11.2 Å². The topological polar surface area (TPSA) is 75.7 Å². The molecule has 1 atom stereocenters. The lowest BCUT2D eigenvalue weighted by Gasteiger charge is -2.31. The zero-order valence-electron chi connectivity index (χ0n) is 13.7. The van der Waals surface area contributed by atoms with Crippen LogP contribution >= 0.6 is 0 Å². The van der Waals surface area contributed by atoms with Crippen LogP contribution in [-0.4, -0.2) is 48.9 Å². The molecular weight excluding hydrogens is 327 g/mol. The van der Waals surface area contributed by atoms with Crippen molar-refractivity contribution in [2.45, 2.75) is 12.8 Å². The molecule has 1 saturated heterocycles. The van der Waals surface area contributed by atoms with Gasteiger partial charge in [0.2, 0.25) is 0 Å². The Balaban J connectivity index is 1.88. The van der Waals surface area contributed by atoms with E-state index in [1.54, 1.807) is 4.90 Å². The number of ether oxygens (including phenoxy) is 1. The van der Waals surface area contributed by atoms with E-state index in [4.69, 9.17) is 11.2 Å². The summed E-state index contributed by atoms with van der Waals surface area (Å²) in [5.74, 6) is 0.0908. The molecule has 0 aromatic heterocycles. The number of carbonyl (C=O) groups is 3. The zero-order valence-corrected chi connectivity index (χ0v) is 13.7. The number of benzene rings is 1. The predicted octanol–water partition coefficient (Wildman–Crippen LogP) is 0.970. The fourth-order valence-electron chi connectivity index (χ4n) is 2.58. The summed E-state index contributed by atoms with van der Waals surface area (Å²) >= 11 is 0. The second kappa shape index (κ2) is 8.83. The molecule has 132 valence electrons.